The second-order valence-electron chi connectivity index (χ2n) is 6.01. The summed E-state index contributed by atoms with van der Waals surface area (Å²) in [5, 5.41) is 3.72. The minimum Gasteiger partial charge on any atom is -0.496 e. The minimum absolute atomic E-state index is 0.289. The van der Waals surface area contributed by atoms with Gasteiger partial charge in [-0.2, -0.15) is 0 Å². The van der Waals surface area contributed by atoms with Crippen molar-refractivity contribution >= 4 is 28.9 Å². The maximum Gasteiger partial charge on any atom is 0.330 e. The number of pyridine rings is 1. The number of methoxy groups -OCH3 is 2. The SMILES string of the molecule is COC(=O)/C=C/c1cccc(CNC(=O)c2cc(OC)c3ccccc3n2)c1. The first-order chi connectivity index (χ1) is 13.6. The number of nitrogens with zero attached hydrogens (tertiary/aromatic N) is 1. The summed E-state index contributed by atoms with van der Waals surface area (Å²) >= 11 is 0. The van der Waals surface area contributed by atoms with E-state index in [4.69, 9.17) is 4.74 Å². The van der Waals surface area contributed by atoms with E-state index in [0.717, 1.165) is 16.5 Å². The van der Waals surface area contributed by atoms with Crippen LogP contribution in [0.25, 0.3) is 17.0 Å². The molecule has 0 radical (unpaired) electrons. The third kappa shape index (κ3) is 4.54. The van der Waals surface area contributed by atoms with Crippen molar-refractivity contribution in [3.05, 3.63) is 77.5 Å². The van der Waals surface area contributed by atoms with Gasteiger partial charge in [-0.25, -0.2) is 9.78 Å². The van der Waals surface area contributed by atoms with E-state index in [1.54, 1.807) is 19.3 Å². The number of hydrogen-bond acceptors (Lipinski definition) is 5. The summed E-state index contributed by atoms with van der Waals surface area (Å²) in [5.41, 5.74) is 2.72. The van der Waals surface area contributed by atoms with Gasteiger partial charge in [-0.1, -0.05) is 30.3 Å². The number of carbonyl (C=O) groups is 2. The fourth-order valence-electron chi connectivity index (χ4n) is 2.74. The van der Waals surface area contributed by atoms with Gasteiger partial charge in [0.25, 0.3) is 5.91 Å². The number of carbonyl (C=O) groups excluding carboxylic acids is 2. The smallest absolute Gasteiger partial charge is 0.330 e. The molecule has 0 saturated carbocycles. The monoisotopic (exact) mass is 376 g/mol. The molecule has 0 atom stereocenters. The molecule has 6 nitrogen and oxygen atoms in total. The van der Waals surface area contributed by atoms with Crippen LogP contribution in [0.5, 0.6) is 5.75 Å². The molecule has 6 heteroatoms. The predicted octanol–water partition coefficient (Wildman–Crippen LogP) is 3.36. The van der Waals surface area contributed by atoms with Gasteiger partial charge in [-0.15, -0.1) is 0 Å². The van der Waals surface area contributed by atoms with Gasteiger partial charge in [-0.3, -0.25) is 4.79 Å². The lowest BCUT2D eigenvalue weighted by atomic mass is 10.1. The van der Waals surface area contributed by atoms with Crippen molar-refractivity contribution in [3.63, 3.8) is 0 Å². The van der Waals surface area contributed by atoms with Crippen LogP contribution in [0.1, 0.15) is 21.6 Å². The summed E-state index contributed by atoms with van der Waals surface area (Å²) in [6.45, 7) is 0.329. The van der Waals surface area contributed by atoms with Crippen LogP contribution in [0.15, 0.2) is 60.7 Å². The van der Waals surface area contributed by atoms with Crippen molar-refractivity contribution in [2.75, 3.05) is 14.2 Å². The topological polar surface area (TPSA) is 77.5 Å². The van der Waals surface area contributed by atoms with Crippen molar-refractivity contribution in [3.8, 4) is 5.75 Å². The Balaban J connectivity index is 1.73. The summed E-state index contributed by atoms with van der Waals surface area (Å²) in [5.74, 6) is -0.111. The predicted molar refractivity (Wildman–Crippen MR) is 107 cm³/mol. The molecule has 0 aliphatic rings. The van der Waals surface area contributed by atoms with Crippen LogP contribution >= 0.6 is 0 Å². The van der Waals surface area contributed by atoms with E-state index >= 15 is 0 Å². The number of esters is 1. The highest BCUT2D eigenvalue weighted by Crippen LogP contribution is 2.24. The molecule has 0 fully saturated rings. The zero-order valence-corrected chi connectivity index (χ0v) is 15.6. The van der Waals surface area contributed by atoms with Crippen LogP contribution < -0.4 is 10.1 Å². The quantitative estimate of drug-likeness (QED) is 0.527. The summed E-state index contributed by atoms with van der Waals surface area (Å²) in [6, 6.07) is 16.6. The number of hydrogen-bond donors (Lipinski definition) is 1. The molecule has 1 N–H and O–H groups in total. The first-order valence-corrected chi connectivity index (χ1v) is 8.67. The average Bonchev–Trinajstić information content (AvgIpc) is 2.75. The van der Waals surface area contributed by atoms with Gasteiger partial charge in [0, 0.05) is 24.1 Å². The number of nitrogens with one attached hydrogen (secondary N) is 1. The Morgan fingerprint density at radius 2 is 1.89 bits per heavy atom. The van der Waals surface area contributed by atoms with Crippen LogP contribution in [0.3, 0.4) is 0 Å². The number of ether oxygens (including phenoxy) is 2. The van der Waals surface area contributed by atoms with Gasteiger partial charge in [-0.05, 0) is 35.4 Å². The molecule has 0 aliphatic carbocycles. The third-order valence-electron chi connectivity index (χ3n) is 4.15. The molecule has 1 heterocycles. The molecule has 142 valence electrons. The number of rotatable bonds is 6. The number of amides is 1. The number of benzene rings is 2. The molecule has 28 heavy (non-hydrogen) atoms. The van der Waals surface area contributed by atoms with Gasteiger partial charge in [0.15, 0.2) is 0 Å². The Hall–Kier alpha value is -3.67. The Morgan fingerprint density at radius 1 is 1.07 bits per heavy atom. The average molecular weight is 376 g/mol. The van der Waals surface area contributed by atoms with E-state index in [1.165, 1.54) is 13.2 Å². The van der Waals surface area contributed by atoms with E-state index < -0.39 is 5.97 Å². The van der Waals surface area contributed by atoms with Gasteiger partial charge in [0.1, 0.15) is 11.4 Å². The van der Waals surface area contributed by atoms with Crippen LogP contribution in [-0.2, 0) is 16.1 Å². The molecule has 1 amide bonds. The molecule has 0 saturated heterocycles. The second-order valence-corrected chi connectivity index (χ2v) is 6.01. The van der Waals surface area contributed by atoms with E-state index in [2.05, 4.69) is 15.0 Å². The number of aromatic nitrogens is 1. The van der Waals surface area contributed by atoms with Crippen LogP contribution in [0.2, 0.25) is 0 Å². The van der Waals surface area contributed by atoms with E-state index in [9.17, 15) is 9.59 Å². The molecule has 3 rings (SSSR count). The second kappa shape index (κ2) is 8.81. The van der Waals surface area contributed by atoms with Gasteiger partial charge in [0.05, 0.1) is 19.7 Å². The fourth-order valence-corrected chi connectivity index (χ4v) is 2.74. The highest BCUT2D eigenvalue weighted by Gasteiger charge is 2.12. The van der Waals surface area contributed by atoms with Crippen molar-refractivity contribution in [1.29, 1.82) is 0 Å². The van der Waals surface area contributed by atoms with Crippen LogP contribution in [-0.4, -0.2) is 31.1 Å². The molecular formula is C22H20N2O4. The van der Waals surface area contributed by atoms with E-state index in [1.807, 2.05) is 48.5 Å². The van der Waals surface area contributed by atoms with Gasteiger partial charge >= 0.3 is 5.97 Å². The van der Waals surface area contributed by atoms with Crippen molar-refractivity contribution in [2.24, 2.45) is 0 Å². The Bertz CT molecular complexity index is 1040. The summed E-state index contributed by atoms with van der Waals surface area (Å²) < 4.78 is 9.97. The molecule has 2 aromatic carbocycles. The van der Waals surface area contributed by atoms with Crippen molar-refractivity contribution in [2.45, 2.75) is 6.54 Å². The molecular weight excluding hydrogens is 356 g/mol. The summed E-state index contributed by atoms with van der Waals surface area (Å²) in [6.07, 6.45) is 3.01. The van der Waals surface area contributed by atoms with Gasteiger partial charge < -0.3 is 14.8 Å². The highest BCUT2D eigenvalue weighted by molar-refractivity contribution is 5.97. The molecule has 0 spiro atoms. The lowest BCUT2D eigenvalue weighted by molar-refractivity contribution is -0.134. The first-order valence-electron chi connectivity index (χ1n) is 8.67. The normalized spacial score (nSPS) is 10.8. The third-order valence-corrected chi connectivity index (χ3v) is 4.15. The first kappa shape index (κ1) is 19.1. The molecule has 3 aromatic rings. The van der Waals surface area contributed by atoms with Crippen molar-refractivity contribution in [1.82, 2.24) is 10.3 Å². The zero-order valence-electron chi connectivity index (χ0n) is 15.6. The van der Waals surface area contributed by atoms with Gasteiger partial charge in [0.2, 0.25) is 0 Å². The molecule has 0 aliphatic heterocycles. The standard InChI is InChI=1S/C22H20N2O4/c1-27-20-13-19(24-18-9-4-3-8-17(18)20)22(26)23-14-16-7-5-6-15(12-16)10-11-21(25)28-2/h3-13H,14H2,1-2H3,(H,23,26)/b11-10+. The lowest BCUT2D eigenvalue weighted by Gasteiger charge is -2.09. The molecule has 0 bridgehead atoms. The molecule has 1 aromatic heterocycles. The summed E-state index contributed by atoms with van der Waals surface area (Å²) in [4.78, 5) is 28.2. The maximum atomic E-state index is 12.6. The fraction of sp³-hybridized carbons (Fsp3) is 0.136. The Morgan fingerprint density at radius 3 is 2.68 bits per heavy atom. The largest absolute Gasteiger partial charge is 0.496 e. The lowest BCUT2D eigenvalue weighted by Crippen LogP contribution is -2.24. The van der Waals surface area contributed by atoms with E-state index in [0.29, 0.717) is 17.8 Å². The highest BCUT2D eigenvalue weighted by atomic mass is 16.5. The minimum atomic E-state index is -0.421. The van der Waals surface area contributed by atoms with Crippen LogP contribution in [0, 0.1) is 0 Å². The number of fused-ring (bicyclic) bond motifs is 1. The van der Waals surface area contributed by atoms with Crippen LogP contribution in [0.4, 0.5) is 0 Å². The maximum absolute atomic E-state index is 12.6. The summed E-state index contributed by atoms with van der Waals surface area (Å²) in [7, 11) is 2.89. The number of para-hydroxylation sites is 1. The Labute approximate surface area is 162 Å². The Kier molecular flexibility index (Phi) is 6.01. The molecule has 0 unspecified atom stereocenters. The zero-order chi connectivity index (χ0) is 19.9. The van der Waals surface area contributed by atoms with E-state index in [-0.39, 0.29) is 11.6 Å². The van der Waals surface area contributed by atoms with Crippen molar-refractivity contribution < 1.29 is 19.1 Å².